The summed E-state index contributed by atoms with van der Waals surface area (Å²) < 4.78 is 11.9. The number of hydrogen-bond acceptors (Lipinski definition) is 4. The van der Waals surface area contributed by atoms with E-state index in [0.29, 0.717) is 32.2 Å². The molecule has 1 amide bonds. The molecule has 1 saturated carbocycles. The van der Waals surface area contributed by atoms with Crippen molar-refractivity contribution < 1.29 is 14.3 Å². The number of amides is 1. The molecular weight excluding hydrogens is 256 g/mol. The van der Waals surface area contributed by atoms with Gasteiger partial charge in [-0.2, -0.15) is 0 Å². The largest absolute Gasteiger partial charge is 0.354 e. The van der Waals surface area contributed by atoms with Crippen molar-refractivity contribution in [1.82, 2.24) is 10.6 Å². The SMILES string of the molecule is CCC(=O)NCCOC1(OCCNC(C)C)CCCC1. The second-order valence-corrected chi connectivity index (χ2v) is 5.63. The maximum absolute atomic E-state index is 11.2. The molecule has 1 aliphatic rings. The number of carbonyl (C=O) groups is 1. The van der Waals surface area contributed by atoms with Crippen molar-refractivity contribution in [2.45, 2.75) is 64.7 Å². The number of hydrogen-bond donors (Lipinski definition) is 2. The van der Waals surface area contributed by atoms with Crippen molar-refractivity contribution in [3.05, 3.63) is 0 Å². The molecule has 0 aromatic carbocycles. The predicted molar refractivity (Wildman–Crippen MR) is 79.5 cm³/mol. The van der Waals surface area contributed by atoms with E-state index in [-0.39, 0.29) is 5.91 Å². The van der Waals surface area contributed by atoms with Crippen LogP contribution in [-0.4, -0.2) is 44.0 Å². The lowest BCUT2D eigenvalue weighted by atomic mass is 10.2. The molecule has 2 N–H and O–H groups in total. The van der Waals surface area contributed by atoms with Crippen molar-refractivity contribution >= 4 is 5.91 Å². The molecule has 1 fully saturated rings. The number of rotatable bonds is 10. The quantitative estimate of drug-likeness (QED) is 0.475. The highest BCUT2D eigenvalue weighted by atomic mass is 16.7. The molecule has 0 atom stereocenters. The molecule has 118 valence electrons. The van der Waals surface area contributed by atoms with E-state index >= 15 is 0 Å². The molecule has 0 aliphatic heterocycles. The standard InChI is InChI=1S/C15H30N2O3/c1-4-14(18)17-10-12-20-15(7-5-6-8-15)19-11-9-16-13(2)3/h13,16H,4-12H2,1-3H3,(H,17,18). The highest BCUT2D eigenvalue weighted by molar-refractivity contribution is 5.75. The van der Waals surface area contributed by atoms with Gasteiger partial charge in [0.1, 0.15) is 0 Å². The average Bonchev–Trinajstić information content (AvgIpc) is 2.88. The Bertz CT molecular complexity index is 276. The smallest absolute Gasteiger partial charge is 0.219 e. The predicted octanol–water partition coefficient (Wildman–Crippen LogP) is 1.81. The van der Waals surface area contributed by atoms with Gasteiger partial charge in [-0.1, -0.05) is 20.8 Å². The van der Waals surface area contributed by atoms with Crippen LogP contribution in [-0.2, 0) is 14.3 Å². The van der Waals surface area contributed by atoms with Gasteiger partial charge in [-0.3, -0.25) is 4.79 Å². The summed E-state index contributed by atoms with van der Waals surface area (Å²) >= 11 is 0. The van der Waals surface area contributed by atoms with E-state index in [1.807, 2.05) is 6.92 Å². The van der Waals surface area contributed by atoms with Crippen LogP contribution >= 0.6 is 0 Å². The van der Waals surface area contributed by atoms with Gasteiger partial charge in [-0.05, 0) is 12.8 Å². The van der Waals surface area contributed by atoms with E-state index in [9.17, 15) is 4.79 Å². The van der Waals surface area contributed by atoms with Gasteiger partial charge >= 0.3 is 0 Å². The molecule has 0 aromatic rings. The number of nitrogens with one attached hydrogen (secondary N) is 2. The van der Waals surface area contributed by atoms with Gasteiger partial charge in [0.25, 0.3) is 0 Å². The lowest BCUT2D eigenvalue weighted by molar-refractivity contribution is -0.230. The topological polar surface area (TPSA) is 59.6 Å². The normalized spacial score (nSPS) is 17.6. The molecule has 20 heavy (non-hydrogen) atoms. The van der Waals surface area contributed by atoms with Crippen molar-refractivity contribution in [3.63, 3.8) is 0 Å². The van der Waals surface area contributed by atoms with Crippen molar-refractivity contribution in [1.29, 1.82) is 0 Å². The summed E-state index contributed by atoms with van der Waals surface area (Å²) in [5.41, 5.74) is 0. The van der Waals surface area contributed by atoms with E-state index in [0.717, 1.165) is 32.2 Å². The molecule has 1 aliphatic carbocycles. The van der Waals surface area contributed by atoms with E-state index in [2.05, 4.69) is 24.5 Å². The van der Waals surface area contributed by atoms with Gasteiger partial charge in [0.05, 0.1) is 13.2 Å². The Morgan fingerprint density at radius 1 is 1.15 bits per heavy atom. The maximum atomic E-state index is 11.2. The van der Waals surface area contributed by atoms with Gasteiger partial charge in [0.15, 0.2) is 5.79 Å². The summed E-state index contributed by atoms with van der Waals surface area (Å²) in [5, 5.41) is 6.16. The van der Waals surface area contributed by atoms with E-state index in [1.54, 1.807) is 0 Å². The molecule has 0 unspecified atom stereocenters. The fourth-order valence-electron chi connectivity index (χ4n) is 2.38. The first kappa shape index (κ1) is 17.4. The number of ether oxygens (including phenoxy) is 2. The summed E-state index contributed by atoms with van der Waals surface area (Å²) in [7, 11) is 0. The van der Waals surface area contributed by atoms with Gasteiger partial charge in [-0.15, -0.1) is 0 Å². The molecular formula is C15H30N2O3. The van der Waals surface area contributed by atoms with Crippen LogP contribution in [0.1, 0.15) is 52.9 Å². The Morgan fingerprint density at radius 2 is 1.75 bits per heavy atom. The van der Waals surface area contributed by atoms with Crippen LogP contribution in [0.3, 0.4) is 0 Å². The first-order chi connectivity index (χ1) is 9.58. The molecule has 0 aromatic heterocycles. The first-order valence-electron chi connectivity index (χ1n) is 7.86. The Morgan fingerprint density at radius 3 is 2.30 bits per heavy atom. The zero-order valence-electron chi connectivity index (χ0n) is 13.2. The summed E-state index contributed by atoms with van der Waals surface area (Å²) in [6, 6.07) is 0.475. The molecule has 0 heterocycles. The van der Waals surface area contributed by atoms with Crippen LogP contribution in [0, 0.1) is 0 Å². The van der Waals surface area contributed by atoms with Gasteiger partial charge < -0.3 is 20.1 Å². The minimum Gasteiger partial charge on any atom is -0.354 e. The van der Waals surface area contributed by atoms with Crippen LogP contribution in [0.25, 0.3) is 0 Å². The monoisotopic (exact) mass is 286 g/mol. The zero-order valence-corrected chi connectivity index (χ0v) is 13.2. The van der Waals surface area contributed by atoms with Crippen molar-refractivity contribution in [2.24, 2.45) is 0 Å². The Hall–Kier alpha value is -0.650. The lowest BCUT2D eigenvalue weighted by Crippen LogP contribution is -2.38. The second-order valence-electron chi connectivity index (χ2n) is 5.63. The van der Waals surface area contributed by atoms with Crippen molar-refractivity contribution in [3.8, 4) is 0 Å². The third-order valence-electron chi connectivity index (χ3n) is 3.50. The molecule has 0 radical (unpaired) electrons. The Labute approximate surface area is 122 Å². The minimum atomic E-state index is -0.421. The fraction of sp³-hybridized carbons (Fsp3) is 0.933. The number of carbonyl (C=O) groups excluding carboxylic acids is 1. The van der Waals surface area contributed by atoms with Crippen LogP contribution in [0.4, 0.5) is 0 Å². The van der Waals surface area contributed by atoms with Crippen LogP contribution in [0.15, 0.2) is 0 Å². The molecule has 0 saturated heterocycles. The van der Waals surface area contributed by atoms with Crippen LogP contribution in [0.2, 0.25) is 0 Å². The first-order valence-corrected chi connectivity index (χ1v) is 7.86. The Balaban J connectivity index is 2.22. The van der Waals surface area contributed by atoms with Crippen molar-refractivity contribution in [2.75, 3.05) is 26.3 Å². The fourth-order valence-corrected chi connectivity index (χ4v) is 2.38. The second kappa shape index (κ2) is 9.32. The molecule has 5 nitrogen and oxygen atoms in total. The summed E-state index contributed by atoms with van der Waals surface area (Å²) in [6.07, 6.45) is 4.73. The van der Waals surface area contributed by atoms with E-state index in [4.69, 9.17) is 9.47 Å². The third-order valence-corrected chi connectivity index (χ3v) is 3.50. The van der Waals surface area contributed by atoms with Gasteiger partial charge in [0.2, 0.25) is 5.91 Å². The van der Waals surface area contributed by atoms with Crippen LogP contribution < -0.4 is 10.6 Å². The minimum absolute atomic E-state index is 0.0659. The lowest BCUT2D eigenvalue weighted by Gasteiger charge is -2.30. The highest BCUT2D eigenvalue weighted by Crippen LogP contribution is 2.34. The summed E-state index contributed by atoms with van der Waals surface area (Å²) in [6.45, 7) is 8.68. The molecule has 1 rings (SSSR count). The third kappa shape index (κ3) is 6.68. The Kier molecular flexibility index (Phi) is 8.11. The van der Waals surface area contributed by atoms with Gasteiger partial charge in [0, 0.05) is 38.4 Å². The van der Waals surface area contributed by atoms with E-state index in [1.165, 1.54) is 0 Å². The van der Waals surface area contributed by atoms with E-state index < -0.39 is 5.79 Å². The maximum Gasteiger partial charge on any atom is 0.219 e. The highest BCUT2D eigenvalue weighted by Gasteiger charge is 2.35. The molecule has 0 bridgehead atoms. The summed E-state index contributed by atoms with van der Waals surface area (Å²) in [5.74, 6) is -0.355. The van der Waals surface area contributed by atoms with Gasteiger partial charge in [-0.25, -0.2) is 0 Å². The average molecular weight is 286 g/mol. The molecule has 5 heteroatoms. The zero-order chi connectivity index (χ0) is 14.8. The summed E-state index contributed by atoms with van der Waals surface area (Å²) in [4.78, 5) is 11.2. The van der Waals surface area contributed by atoms with Crippen LogP contribution in [0.5, 0.6) is 0 Å². The molecule has 0 spiro atoms.